The van der Waals surface area contributed by atoms with E-state index in [-0.39, 0.29) is 23.1 Å². The van der Waals surface area contributed by atoms with E-state index in [1.54, 1.807) is 61.2 Å². The molecular formula is C29H27ClFN5O5. The molecule has 10 nitrogen and oxygen atoms in total. The maximum atomic E-state index is 14.3. The SMILES string of the molecule is COc1ccc(OC)c(NC(=O)C2=C(C)Nc3ncnn3[C@@H]2c2ccc(OCc3c(F)cccc3Cl)c(OC)c2)c1. The van der Waals surface area contributed by atoms with Gasteiger partial charge in [-0.2, -0.15) is 10.1 Å². The van der Waals surface area contributed by atoms with Crippen molar-refractivity contribution < 1.29 is 28.1 Å². The summed E-state index contributed by atoms with van der Waals surface area (Å²) < 4.78 is 38.1. The van der Waals surface area contributed by atoms with Crippen LogP contribution in [-0.2, 0) is 11.4 Å². The van der Waals surface area contributed by atoms with Gasteiger partial charge in [0, 0.05) is 17.3 Å². The Hall–Kier alpha value is -4.77. The lowest BCUT2D eigenvalue weighted by Crippen LogP contribution is -2.31. The molecule has 1 atom stereocenters. The Balaban J connectivity index is 1.49. The van der Waals surface area contributed by atoms with E-state index >= 15 is 0 Å². The van der Waals surface area contributed by atoms with Crippen molar-refractivity contribution in [3.63, 3.8) is 0 Å². The lowest BCUT2D eigenvalue weighted by Gasteiger charge is -2.29. The number of rotatable bonds is 9. The van der Waals surface area contributed by atoms with Gasteiger partial charge in [-0.3, -0.25) is 4.79 Å². The van der Waals surface area contributed by atoms with Gasteiger partial charge in [0.1, 0.15) is 36.3 Å². The molecule has 12 heteroatoms. The number of methoxy groups -OCH3 is 3. The molecule has 0 radical (unpaired) electrons. The first-order valence-corrected chi connectivity index (χ1v) is 12.9. The molecule has 0 unspecified atom stereocenters. The minimum Gasteiger partial charge on any atom is -0.497 e. The minimum atomic E-state index is -0.672. The summed E-state index contributed by atoms with van der Waals surface area (Å²) in [6, 6.07) is 14.1. The van der Waals surface area contributed by atoms with E-state index in [9.17, 15) is 9.18 Å². The van der Waals surface area contributed by atoms with E-state index < -0.39 is 11.9 Å². The number of nitrogens with zero attached hydrogens (tertiary/aromatic N) is 3. The van der Waals surface area contributed by atoms with Crippen molar-refractivity contribution in [1.82, 2.24) is 14.8 Å². The Morgan fingerprint density at radius 3 is 2.56 bits per heavy atom. The van der Waals surface area contributed by atoms with E-state index in [0.29, 0.717) is 51.5 Å². The molecule has 212 valence electrons. The lowest BCUT2D eigenvalue weighted by atomic mass is 9.94. The van der Waals surface area contributed by atoms with Crippen LogP contribution in [0.1, 0.15) is 24.1 Å². The predicted molar refractivity (Wildman–Crippen MR) is 151 cm³/mol. The second kappa shape index (κ2) is 11.8. The molecule has 41 heavy (non-hydrogen) atoms. The van der Waals surface area contributed by atoms with Crippen LogP contribution < -0.4 is 29.6 Å². The summed E-state index contributed by atoms with van der Waals surface area (Å²) in [6.07, 6.45) is 1.40. The molecule has 0 aliphatic carbocycles. The summed E-state index contributed by atoms with van der Waals surface area (Å²) in [5.41, 5.74) is 2.32. The molecule has 0 bridgehead atoms. The number of allylic oxidation sites excluding steroid dienone is 1. The van der Waals surface area contributed by atoms with Crippen LogP contribution in [0.15, 0.2) is 72.2 Å². The average Bonchev–Trinajstić information content (AvgIpc) is 3.44. The normalized spacial score (nSPS) is 14.1. The number of ether oxygens (including phenoxy) is 4. The maximum Gasteiger partial charge on any atom is 0.255 e. The molecule has 1 amide bonds. The van der Waals surface area contributed by atoms with Gasteiger partial charge in [-0.1, -0.05) is 23.7 Å². The number of aromatic nitrogens is 3. The largest absolute Gasteiger partial charge is 0.497 e. The van der Waals surface area contributed by atoms with Crippen LogP contribution in [-0.4, -0.2) is 42.0 Å². The summed E-state index contributed by atoms with van der Waals surface area (Å²) in [5.74, 6) is 1.39. The summed E-state index contributed by atoms with van der Waals surface area (Å²) in [7, 11) is 4.55. The van der Waals surface area contributed by atoms with Crippen molar-refractivity contribution in [3.05, 3.63) is 94.2 Å². The second-order valence-corrected chi connectivity index (χ2v) is 9.42. The summed E-state index contributed by atoms with van der Waals surface area (Å²) >= 11 is 6.16. The highest BCUT2D eigenvalue weighted by Crippen LogP contribution is 2.40. The van der Waals surface area contributed by atoms with Crippen molar-refractivity contribution >= 4 is 29.1 Å². The Morgan fingerprint density at radius 2 is 1.83 bits per heavy atom. The molecule has 0 fully saturated rings. The summed E-state index contributed by atoms with van der Waals surface area (Å²) in [5, 5.41) is 10.7. The number of amides is 1. The molecule has 1 aromatic heterocycles. The fraction of sp³-hybridized carbons (Fsp3) is 0.207. The van der Waals surface area contributed by atoms with Gasteiger partial charge in [-0.05, 0) is 48.9 Å². The Bertz CT molecular complexity index is 1620. The first kappa shape index (κ1) is 27.8. The van der Waals surface area contributed by atoms with Crippen LogP contribution >= 0.6 is 11.6 Å². The van der Waals surface area contributed by atoms with Gasteiger partial charge in [-0.15, -0.1) is 0 Å². The molecule has 0 saturated carbocycles. The van der Waals surface area contributed by atoms with E-state index in [1.807, 2.05) is 0 Å². The highest BCUT2D eigenvalue weighted by atomic mass is 35.5. The zero-order valence-corrected chi connectivity index (χ0v) is 23.5. The van der Waals surface area contributed by atoms with Gasteiger partial charge in [0.15, 0.2) is 11.5 Å². The molecule has 1 aliphatic rings. The average molecular weight is 580 g/mol. The zero-order valence-electron chi connectivity index (χ0n) is 22.7. The third-order valence-electron chi connectivity index (χ3n) is 6.63. The topological polar surface area (TPSA) is 109 Å². The molecule has 0 spiro atoms. The maximum absolute atomic E-state index is 14.3. The number of anilines is 2. The fourth-order valence-corrected chi connectivity index (χ4v) is 4.81. The summed E-state index contributed by atoms with van der Waals surface area (Å²) in [6.45, 7) is 1.69. The standard InChI is InChI=1S/C29H27ClFN5O5/c1-16-26(28(37)35-22-13-18(38-2)9-11-23(22)39-3)27(36-29(34-16)32-15-33-36)17-8-10-24(25(12-17)40-4)41-14-19-20(30)6-5-7-21(19)31/h5-13,15,27H,14H2,1-4H3,(H,35,37)(H,32,33,34)/t27-/m1/s1. The molecular weight excluding hydrogens is 553 g/mol. The highest BCUT2D eigenvalue weighted by molar-refractivity contribution is 6.31. The monoisotopic (exact) mass is 579 g/mol. The van der Waals surface area contributed by atoms with Crippen molar-refractivity contribution in [2.45, 2.75) is 19.6 Å². The number of carbonyl (C=O) groups is 1. The minimum absolute atomic E-state index is 0.100. The van der Waals surface area contributed by atoms with Crippen molar-refractivity contribution in [2.75, 3.05) is 32.0 Å². The first-order chi connectivity index (χ1) is 19.8. The molecule has 2 N–H and O–H groups in total. The molecule has 0 saturated heterocycles. The number of hydrogen-bond acceptors (Lipinski definition) is 8. The Kier molecular flexibility index (Phi) is 7.97. The van der Waals surface area contributed by atoms with Gasteiger partial charge in [-0.25, -0.2) is 9.07 Å². The molecule has 5 rings (SSSR count). The molecule has 1 aliphatic heterocycles. The number of nitrogens with one attached hydrogen (secondary N) is 2. The van der Waals surface area contributed by atoms with Crippen LogP contribution in [0, 0.1) is 5.82 Å². The first-order valence-electron chi connectivity index (χ1n) is 12.5. The van der Waals surface area contributed by atoms with Crippen LogP contribution in [0.25, 0.3) is 0 Å². The number of benzene rings is 3. The van der Waals surface area contributed by atoms with Gasteiger partial charge < -0.3 is 29.6 Å². The smallest absolute Gasteiger partial charge is 0.255 e. The quantitative estimate of drug-likeness (QED) is 0.264. The molecule has 3 aromatic carbocycles. The number of carbonyl (C=O) groups excluding carboxylic acids is 1. The van der Waals surface area contributed by atoms with Crippen LogP contribution in [0.5, 0.6) is 23.0 Å². The van der Waals surface area contributed by atoms with Crippen LogP contribution in [0.3, 0.4) is 0 Å². The fourth-order valence-electron chi connectivity index (χ4n) is 4.59. The second-order valence-electron chi connectivity index (χ2n) is 9.01. The van der Waals surface area contributed by atoms with Gasteiger partial charge in [0.2, 0.25) is 5.95 Å². The number of halogens is 2. The van der Waals surface area contributed by atoms with Gasteiger partial charge in [0.25, 0.3) is 5.91 Å². The lowest BCUT2D eigenvalue weighted by molar-refractivity contribution is -0.113. The van der Waals surface area contributed by atoms with E-state index in [0.717, 1.165) is 0 Å². The van der Waals surface area contributed by atoms with Crippen LogP contribution in [0.2, 0.25) is 5.02 Å². The van der Waals surface area contributed by atoms with E-state index in [2.05, 4.69) is 20.7 Å². The van der Waals surface area contributed by atoms with Gasteiger partial charge in [0.05, 0.1) is 37.6 Å². The predicted octanol–water partition coefficient (Wildman–Crippen LogP) is 5.60. The molecule has 4 aromatic rings. The Morgan fingerprint density at radius 1 is 1.05 bits per heavy atom. The van der Waals surface area contributed by atoms with Crippen molar-refractivity contribution in [3.8, 4) is 23.0 Å². The van der Waals surface area contributed by atoms with Crippen molar-refractivity contribution in [2.24, 2.45) is 0 Å². The highest BCUT2D eigenvalue weighted by Gasteiger charge is 2.34. The third-order valence-corrected chi connectivity index (χ3v) is 6.99. The third kappa shape index (κ3) is 5.48. The summed E-state index contributed by atoms with van der Waals surface area (Å²) in [4.78, 5) is 18.1. The van der Waals surface area contributed by atoms with E-state index in [4.69, 9.17) is 30.5 Å². The van der Waals surface area contributed by atoms with Crippen molar-refractivity contribution in [1.29, 1.82) is 0 Å². The number of fused-ring (bicyclic) bond motifs is 1. The van der Waals surface area contributed by atoms with Gasteiger partial charge >= 0.3 is 0 Å². The molecule has 2 heterocycles. The van der Waals surface area contributed by atoms with E-state index in [1.165, 1.54) is 32.7 Å². The Labute approximate surface area is 240 Å². The zero-order chi connectivity index (χ0) is 29.1. The number of hydrogen-bond donors (Lipinski definition) is 2. The van der Waals surface area contributed by atoms with Crippen LogP contribution in [0.4, 0.5) is 16.0 Å².